The number of benzene rings is 1. The van der Waals surface area contributed by atoms with E-state index in [2.05, 4.69) is 5.32 Å². The predicted octanol–water partition coefficient (Wildman–Crippen LogP) is 0.958. The first kappa shape index (κ1) is 16.3. The van der Waals surface area contributed by atoms with Crippen molar-refractivity contribution < 1.29 is 19.1 Å². The standard InChI is InChI=1S/C17H21N3O4/c1-11(2)16(22)19-5-7-20(8-6-19)17(23)12-3-4-14-13(9-12)18-15(21)10-24-14/h3-4,9,11H,5-8,10H2,1-2H3,(H,18,21). The molecule has 1 N–H and O–H groups in total. The number of amides is 3. The van der Waals surface area contributed by atoms with Gasteiger partial charge in [-0.2, -0.15) is 0 Å². The largest absolute Gasteiger partial charge is 0.482 e. The van der Waals surface area contributed by atoms with Crippen molar-refractivity contribution in [1.82, 2.24) is 9.80 Å². The van der Waals surface area contributed by atoms with E-state index in [9.17, 15) is 14.4 Å². The number of rotatable bonds is 2. The van der Waals surface area contributed by atoms with Crippen LogP contribution in [0, 0.1) is 5.92 Å². The molecule has 1 saturated heterocycles. The molecule has 3 rings (SSSR count). The van der Waals surface area contributed by atoms with Gasteiger partial charge in [0.15, 0.2) is 6.61 Å². The summed E-state index contributed by atoms with van der Waals surface area (Å²) in [5.74, 6) is 0.327. The molecule has 7 nitrogen and oxygen atoms in total. The quantitative estimate of drug-likeness (QED) is 0.875. The molecular formula is C17H21N3O4. The highest BCUT2D eigenvalue weighted by Gasteiger charge is 2.27. The first-order valence-electron chi connectivity index (χ1n) is 8.10. The minimum absolute atomic E-state index is 0.00780. The Morgan fingerprint density at radius 2 is 1.79 bits per heavy atom. The molecule has 1 fully saturated rings. The molecular weight excluding hydrogens is 310 g/mol. The van der Waals surface area contributed by atoms with E-state index >= 15 is 0 Å². The molecule has 0 aliphatic carbocycles. The van der Waals surface area contributed by atoms with Crippen LogP contribution in [-0.4, -0.2) is 60.3 Å². The van der Waals surface area contributed by atoms with E-state index in [-0.39, 0.29) is 30.2 Å². The number of fused-ring (bicyclic) bond motifs is 1. The van der Waals surface area contributed by atoms with Gasteiger partial charge >= 0.3 is 0 Å². The highest BCUT2D eigenvalue weighted by atomic mass is 16.5. The van der Waals surface area contributed by atoms with Gasteiger partial charge in [0.25, 0.3) is 11.8 Å². The lowest BCUT2D eigenvalue weighted by Crippen LogP contribution is -2.51. The van der Waals surface area contributed by atoms with Gasteiger partial charge in [0.05, 0.1) is 5.69 Å². The lowest BCUT2D eigenvalue weighted by Gasteiger charge is -2.35. The van der Waals surface area contributed by atoms with Crippen molar-refractivity contribution in [3.8, 4) is 5.75 Å². The molecule has 0 unspecified atom stereocenters. The normalized spacial score (nSPS) is 17.2. The van der Waals surface area contributed by atoms with Crippen LogP contribution in [0.3, 0.4) is 0 Å². The molecule has 1 aromatic carbocycles. The van der Waals surface area contributed by atoms with Crippen LogP contribution in [0.5, 0.6) is 5.75 Å². The van der Waals surface area contributed by atoms with Crippen LogP contribution in [0.4, 0.5) is 5.69 Å². The third-order valence-electron chi connectivity index (χ3n) is 4.23. The SMILES string of the molecule is CC(C)C(=O)N1CCN(C(=O)c2ccc3c(c2)NC(=O)CO3)CC1. The number of hydrogen-bond donors (Lipinski definition) is 1. The van der Waals surface area contributed by atoms with E-state index in [1.807, 2.05) is 13.8 Å². The fourth-order valence-electron chi connectivity index (χ4n) is 2.89. The summed E-state index contributed by atoms with van der Waals surface area (Å²) in [7, 11) is 0. The Labute approximate surface area is 140 Å². The average Bonchev–Trinajstić information content (AvgIpc) is 2.59. The maximum atomic E-state index is 12.6. The number of anilines is 1. The first-order valence-corrected chi connectivity index (χ1v) is 8.10. The summed E-state index contributed by atoms with van der Waals surface area (Å²) < 4.78 is 5.30. The molecule has 128 valence electrons. The molecule has 2 aliphatic heterocycles. The molecule has 24 heavy (non-hydrogen) atoms. The number of hydrogen-bond acceptors (Lipinski definition) is 4. The molecule has 2 aliphatic rings. The van der Waals surface area contributed by atoms with Crippen molar-refractivity contribution >= 4 is 23.4 Å². The highest BCUT2D eigenvalue weighted by molar-refractivity contribution is 6.00. The van der Waals surface area contributed by atoms with Crippen molar-refractivity contribution in [2.45, 2.75) is 13.8 Å². The Morgan fingerprint density at radius 1 is 1.12 bits per heavy atom. The molecule has 0 aromatic heterocycles. The summed E-state index contributed by atoms with van der Waals surface area (Å²) in [6, 6.07) is 5.03. The summed E-state index contributed by atoms with van der Waals surface area (Å²) in [5, 5.41) is 2.70. The van der Waals surface area contributed by atoms with E-state index in [0.717, 1.165) is 0 Å². The van der Waals surface area contributed by atoms with Gasteiger partial charge in [-0.1, -0.05) is 13.8 Å². The molecule has 0 atom stereocenters. The maximum absolute atomic E-state index is 12.6. The molecule has 1 aromatic rings. The first-order chi connectivity index (χ1) is 11.5. The molecule has 0 bridgehead atoms. The third kappa shape index (κ3) is 3.20. The predicted molar refractivity (Wildman–Crippen MR) is 87.9 cm³/mol. The van der Waals surface area contributed by atoms with E-state index in [1.54, 1.807) is 28.0 Å². The summed E-state index contributed by atoms with van der Waals surface area (Å²) in [5.41, 5.74) is 1.02. The lowest BCUT2D eigenvalue weighted by molar-refractivity contribution is -0.135. The molecule has 0 spiro atoms. The number of piperazine rings is 1. The van der Waals surface area contributed by atoms with Gasteiger partial charge in [-0.25, -0.2) is 0 Å². The zero-order chi connectivity index (χ0) is 17.3. The van der Waals surface area contributed by atoms with Gasteiger partial charge in [0.2, 0.25) is 5.91 Å². The second-order valence-electron chi connectivity index (χ2n) is 6.32. The molecule has 0 radical (unpaired) electrons. The summed E-state index contributed by atoms with van der Waals surface area (Å²) >= 11 is 0. The average molecular weight is 331 g/mol. The minimum atomic E-state index is -0.229. The second kappa shape index (κ2) is 6.51. The second-order valence-corrected chi connectivity index (χ2v) is 6.32. The van der Waals surface area contributed by atoms with E-state index in [1.165, 1.54) is 0 Å². The summed E-state index contributed by atoms with van der Waals surface area (Å²) in [6.45, 7) is 5.87. The van der Waals surface area contributed by atoms with Crippen LogP contribution in [0.25, 0.3) is 0 Å². The van der Waals surface area contributed by atoms with Crippen LogP contribution in [0.2, 0.25) is 0 Å². The van der Waals surface area contributed by atoms with Gasteiger partial charge in [0.1, 0.15) is 5.75 Å². The van der Waals surface area contributed by atoms with Crippen molar-refractivity contribution in [3.63, 3.8) is 0 Å². The van der Waals surface area contributed by atoms with Crippen molar-refractivity contribution in [1.29, 1.82) is 0 Å². The summed E-state index contributed by atoms with van der Waals surface area (Å²) in [4.78, 5) is 39.6. The Hall–Kier alpha value is -2.57. The smallest absolute Gasteiger partial charge is 0.262 e. The molecule has 2 heterocycles. The number of nitrogens with one attached hydrogen (secondary N) is 1. The lowest BCUT2D eigenvalue weighted by atomic mass is 10.1. The number of ether oxygens (including phenoxy) is 1. The van der Waals surface area contributed by atoms with Crippen LogP contribution in [-0.2, 0) is 9.59 Å². The number of nitrogens with zero attached hydrogens (tertiary/aromatic N) is 2. The monoisotopic (exact) mass is 331 g/mol. The van der Waals surface area contributed by atoms with Gasteiger partial charge in [-0.05, 0) is 18.2 Å². The minimum Gasteiger partial charge on any atom is -0.482 e. The van der Waals surface area contributed by atoms with Crippen LogP contribution in [0.15, 0.2) is 18.2 Å². The van der Waals surface area contributed by atoms with E-state index < -0.39 is 0 Å². The molecule has 0 saturated carbocycles. The Kier molecular flexibility index (Phi) is 4.42. The maximum Gasteiger partial charge on any atom is 0.262 e. The van der Waals surface area contributed by atoms with Gasteiger partial charge in [-0.3, -0.25) is 14.4 Å². The highest BCUT2D eigenvalue weighted by Crippen LogP contribution is 2.29. The third-order valence-corrected chi connectivity index (χ3v) is 4.23. The Bertz CT molecular complexity index is 678. The van der Waals surface area contributed by atoms with Crippen molar-refractivity contribution in [2.24, 2.45) is 5.92 Å². The fourth-order valence-corrected chi connectivity index (χ4v) is 2.89. The van der Waals surface area contributed by atoms with Crippen molar-refractivity contribution in [2.75, 3.05) is 38.1 Å². The fraction of sp³-hybridized carbons (Fsp3) is 0.471. The van der Waals surface area contributed by atoms with Crippen LogP contribution in [0.1, 0.15) is 24.2 Å². The molecule has 7 heteroatoms. The zero-order valence-electron chi connectivity index (χ0n) is 13.9. The summed E-state index contributed by atoms with van der Waals surface area (Å²) in [6.07, 6.45) is 0. The van der Waals surface area contributed by atoms with E-state index in [0.29, 0.717) is 43.2 Å². The number of carbonyl (C=O) groups excluding carboxylic acids is 3. The molecule has 3 amide bonds. The van der Waals surface area contributed by atoms with Crippen molar-refractivity contribution in [3.05, 3.63) is 23.8 Å². The Balaban J connectivity index is 1.67. The van der Waals surface area contributed by atoms with Crippen LogP contribution >= 0.6 is 0 Å². The number of carbonyl (C=O) groups is 3. The zero-order valence-corrected chi connectivity index (χ0v) is 13.9. The van der Waals surface area contributed by atoms with Gasteiger partial charge in [0, 0.05) is 37.7 Å². The van der Waals surface area contributed by atoms with Crippen LogP contribution < -0.4 is 10.1 Å². The van der Waals surface area contributed by atoms with Gasteiger partial charge < -0.3 is 19.9 Å². The van der Waals surface area contributed by atoms with E-state index in [4.69, 9.17) is 4.74 Å². The van der Waals surface area contributed by atoms with Gasteiger partial charge in [-0.15, -0.1) is 0 Å². The Morgan fingerprint density at radius 3 is 2.46 bits per heavy atom. The topological polar surface area (TPSA) is 79.0 Å².